The molecule has 6 nitrogen and oxygen atoms in total. The minimum atomic E-state index is -0.528. The van der Waals surface area contributed by atoms with Crippen molar-refractivity contribution in [2.24, 2.45) is 0 Å². The van der Waals surface area contributed by atoms with Gasteiger partial charge in [0.25, 0.3) is 0 Å². The highest BCUT2D eigenvalue weighted by Crippen LogP contribution is 2.36. The maximum absolute atomic E-state index is 14.5. The third kappa shape index (κ3) is 5.02. The molecule has 0 aliphatic carbocycles. The van der Waals surface area contributed by atoms with E-state index < -0.39 is 11.8 Å². The number of aromatic nitrogens is 1. The van der Waals surface area contributed by atoms with E-state index in [9.17, 15) is 18.4 Å². The van der Waals surface area contributed by atoms with Gasteiger partial charge in [-0.05, 0) is 79.6 Å². The first-order chi connectivity index (χ1) is 18.3. The van der Waals surface area contributed by atoms with Crippen LogP contribution >= 0.6 is 0 Å². The molecule has 1 aliphatic heterocycles. The molecule has 0 N–H and O–H groups in total. The molecule has 38 heavy (non-hydrogen) atoms. The summed E-state index contributed by atoms with van der Waals surface area (Å²) in [6.07, 6.45) is 1.19. The number of carbonyl (C=O) groups excluding carboxylic acids is 2. The van der Waals surface area contributed by atoms with Crippen LogP contribution in [0, 0.1) is 18.6 Å². The van der Waals surface area contributed by atoms with E-state index in [4.69, 9.17) is 9.47 Å². The molecule has 8 heteroatoms. The SMILES string of the molecule is COC(=O)c1cc(N2CCCC2=O)cc(-n2c(C)ccc2-c2cc(F)ccc2OCc2ccc(F)cc2)c1. The van der Waals surface area contributed by atoms with Crippen molar-refractivity contribution in [1.29, 1.82) is 0 Å². The van der Waals surface area contributed by atoms with Gasteiger partial charge in [-0.1, -0.05) is 12.1 Å². The van der Waals surface area contributed by atoms with Crippen LogP contribution in [0.15, 0.2) is 72.8 Å². The van der Waals surface area contributed by atoms with Gasteiger partial charge in [0.1, 0.15) is 24.0 Å². The number of halogens is 2. The minimum Gasteiger partial charge on any atom is -0.488 e. The largest absolute Gasteiger partial charge is 0.488 e. The molecule has 2 heterocycles. The smallest absolute Gasteiger partial charge is 0.337 e. The van der Waals surface area contributed by atoms with Crippen LogP contribution in [0.25, 0.3) is 16.9 Å². The highest BCUT2D eigenvalue weighted by molar-refractivity contribution is 5.98. The zero-order valence-corrected chi connectivity index (χ0v) is 21.0. The number of esters is 1. The van der Waals surface area contributed by atoms with Crippen molar-refractivity contribution in [2.45, 2.75) is 26.4 Å². The van der Waals surface area contributed by atoms with Crippen molar-refractivity contribution in [3.05, 3.63) is 101 Å². The Balaban J connectivity index is 1.59. The van der Waals surface area contributed by atoms with Crippen molar-refractivity contribution in [3.63, 3.8) is 0 Å². The van der Waals surface area contributed by atoms with Gasteiger partial charge in [-0.2, -0.15) is 0 Å². The van der Waals surface area contributed by atoms with Crippen molar-refractivity contribution in [2.75, 3.05) is 18.6 Å². The quantitative estimate of drug-likeness (QED) is 0.274. The normalized spacial score (nSPS) is 13.2. The summed E-state index contributed by atoms with van der Waals surface area (Å²) in [5.74, 6) is -0.877. The standard InChI is InChI=1S/C30H26F2N2O4/c1-19-5-11-27(26-16-23(32)10-12-28(26)38-18-20-6-8-22(31)9-7-20)34(19)25-15-21(30(36)37-2)14-24(17-25)33-13-3-4-29(33)35/h5-12,14-17H,3-4,13,18H2,1-2H3. The maximum Gasteiger partial charge on any atom is 0.337 e. The van der Waals surface area contributed by atoms with E-state index in [1.807, 2.05) is 29.7 Å². The van der Waals surface area contributed by atoms with Gasteiger partial charge in [0.15, 0.2) is 0 Å². The lowest BCUT2D eigenvalue weighted by atomic mass is 10.1. The Kier molecular flexibility index (Phi) is 6.96. The zero-order valence-electron chi connectivity index (χ0n) is 21.0. The summed E-state index contributed by atoms with van der Waals surface area (Å²) in [6, 6.07) is 19.1. The molecule has 3 aromatic carbocycles. The Morgan fingerprint density at radius 1 is 0.921 bits per heavy atom. The number of hydrogen-bond donors (Lipinski definition) is 0. The van der Waals surface area contributed by atoms with Gasteiger partial charge in [0.2, 0.25) is 5.91 Å². The first-order valence-electron chi connectivity index (χ1n) is 12.2. The molecule has 1 saturated heterocycles. The topological polar surface area (TPSA) is 60.8 Å². The predicted molar refractivity (Wildman–Crippen MR) is 140 cm³/mol. The monoisotopic (exact) mass is 516 g/mol. The Morgan fingerprint density at radius 3 is 2.37 bits per heavy atom. The fraction of sp³-hybridized carbons (Fsp3) is 0.200. The summed E-state index contributed by atoms with van der Waals surface area (Å²) in [5, 5.41) is 0. The van der Waals surface area contributed by atoms with Crippen molar-refractivity contribution in [1.82, 2.24) is 4.57 Å². The number of anilines is 1. The molecule has 0 saturated carbocycles. The number of benzene rings is 3. The molecule has 1 aliphatic rings. The molecule has 1 amide bonds. The maximum atomic E-state index is 14.5. The number of nitrogens with zero attached hydrogens (tertiary/aromatic N) is 2. The number of rotatable bonds is 7. The third-order valence-corrected chi connectivity index (χ3v) is 6.57. The second kappa shape index (κ2) is 10.5. The van der Waals surface area contributed by atoms with E-state index in [1.54, 1.807) is 35.2 Å². The van der Waals surface area contributed by atoms with Crippen LogP contribution in [0.5, 0.6) is 5.75 Å². The molecule has 0 unspecified atom stereocenters. The number of hydrogen-bond acceptors (Lipinski definition) is 4. The fourth-order valence-electron chi connectivity index (χ4n) is 4.70. The van der Waals surface area contributed by atoms with E-state index in [0.29, 0.717) is 46.9 Å². The number of ether oxygens (including phenoxy) is 2. The van der Waals surface area contributed by atoms with Crippen LogP contribution in [-0.4, -0.2) is 30.1 Å². The minimum absolute atomic E-state index is 0.0102. The summed E-state index contributed by atoms with van der Waals surface area (Å²) in [4.78, 5) is 26.7. The fourth-order valence-corrected chi connectivity index (χ4v) is 4.70. The highest BCUT2D eigenvalue weighted by Gasteiger charge is 2.25. The molecule has 5 rings (SSSR count). The first kappa shape index (κ1) is 25.2. The molecule has 1 fully saturated rings. The van der Waals surface area contributed by atoms with Crippen molar-refractivity contribution >= 4 is 17.6 Å². The van der Waals surface area contributed by atoms with Crippen LogP contribution in [0.4, 0.5) is 14.5 Å². The molecule has 0 bridgehead atoms. The molecule has 0 atom stereocenters. The van der Waals surface area contributed by atoms with Crippen molar-refractivity contribution in [3.8, 4) is 22.7 Å². The average Bonchev–Trinajstić information content (AvgIpc) is 3.53. The summed E-state index contributed by atoms with van der Waals surface area (Å²) in [7, 11) is 1.31. The predicted octanol–water partition coefficient (Wildman–Crippen LogP) is 6.22. The van der Waals surface area contributed by atoms with E-state index in [-0.39, 0.29) is 18.3 Å². The van der Waals surface area contributed by atoms with Gasteiger partial charge in [0.05, 0.1) is 18.4 Å². The van der Waals surface area contributed by atoms with E-state index in [0.717, 1.165) is 17.7 Å². The lowest BCUT2D eigenvalue weighted by molar-refractivity contribution is -0.117. The van der Waals surface area contributed by atoms with Crippen LogP contribution in [0.1, 0.15) is 34.5 Å². The van der Waals surface area contributed by atoms with Gasteiger partial charge < -0.3 is 18.9 Å². The summed E-state index contributed by atoms with van der Waals surface area (Å²) in [6.45, 7) is 2.62. The molecule has 0 spiro atoms. The molecular weight excluding hydrogens is 490 g/mol. The van der Waals surface area contributed by atoms with Crippen LogP contribution in [0.2, 0.25) is 0 Å². The lowest BCUT2D eigenvalue weighted by Crippen LogP contribution is -2.24. The Hall–Kier alpha value is -4.46. The first-order valence-corrected chi connectivity index (χ1v) is 12.2. The average molecular weight is 517 g/mol. The molecule has 194 valence electrons. The molecule has 0 radical (unpaired) electrons. The van der Waals surface area contributed by atoms with Gasteiger partial charge in [0, 0.05) is 35.6 Å². The lowest BCUT2D eigenvalue weighted by Gasteiger charge is -2.21. The number of amides is 1. The van der Waals surface area contributed by atoms with Gasteiger partial charge in [-0.15, -0.1) is 0 Å². The Labute approximate surface area is 219 Å². The van der Waals surface area contributed by atoms with Gasteiger partial charge >= 0.3 is 5.97 Å². The third-order valence-electron chi connectivity index (χ3n) is 6.57. The Bertz CT molecular complexity index is 1510. The number of carbonyl (C=O) groups is 2. The Morgan fingerprint density at radius 2 is 1.66 bits per heavy atom. The second-order valence-corrected chi connectivity index (χ2v) is 9.13. The molecular formula is C30H26F2N2O4. The summed E-state index contributed by atoms with van der Waals surface area (Å²) in [5.41, 5.74) is 4.24. The number of aryl methyl sites for hydroxylation is 1. The number of methoxy groups -OCH3 is 1. The molecule has 4 aromatic rings. The van der Waals surface area contributed by atoms with Crippen LogP contribution in [-0.2, 0) is 16.1 Å². The molecule has 1 aromatic heterocycles. The summed E-state index contributed by atoms with van der Waals surface area (Å²) >= 11 is 0. The van der Waals surface area contributed by atoms with E-state index in [1.165, 1.54) is 31.4 Å². The van der Waals surface area contributed by atoms with E-state index >= 15 is 0 Å². The summed E-state index contributed by atoms with van der Waals surface area (Å²) < 4.78 is 40.7. The van der Waals surface area contributed by atoms with Crippen LogP contribution < -0.4 is 9.64 Å². The van der Waals surface area contributed by atoms with Crippen LogP contribution in [0.3, 0.4) is 0 Å². The zero-order chi connectivity index (χ0) is 26.8. The van der Waals surface area contributed by atoms with Gasteiger partial charge in [-0.25, -0.2) is 13.6 Å². The highest BCUT2D eigenvalue weighted by atomic mass is 19.1. The van der Waals surface area contributed by atoms with Gasteiger partial charge in [-0.3, -0.25) is 4.79 Å². The van der Waals surface area contributed by atoms with Crippen molar-refractivity contribution < 1.29 is 27.8 Å². The second-order valence-electron chi connectivity index (χ2n) is 9.13. The van der Waals surface area contributed by atoms with E-state index in [2.05, 4.69) is 0 Å².